The van der Waals surface area contributed by atoms with Crippen molar-refractivity contribution in [2.75, 3.05) is 0 Å². The maximum atomic E-state index is 11.3. The van der Waals surface area contributed by atoms with Gasteiger partial charge in [-0.25, -0.2) is 4.79 Å². The smallest absolute Gasteiger partial charge is 0.336 e. The second-order valence-electron chi connectivity index (χ2n) is 3.74. The van der Waals surface area contributed by atoms with Crippen LogP contribution >= 0.6 is 0 Å². The Labute approximate surface area is 95.5 Å². The van der Waals surface area contributed by atoms with Crippen molar-refractivity contribution in [1.29, 1.82) is 0 Å². The average molecular weight is 229 g/mol. The highest BCUT2D eigenvalue weighted by Gasteiger charge is 2.32. The molecule has 16 heavy (non-hydrogen) atoms. The maximum absolute atomic E-state index is 11.3. The minimum atomic E-state index is -1.93. The van der Waals surface area contributed by atoms with Crippen LogP contribution in [0.1, 0.15) is 40.0 Å². The second-order valence-corrected chi connectivity index (χ2v) is 3.74. The van der Waals surface area contributed by atoms with Crippen molar-refractivity contribution in [3.8, 4) is 0 Å². The molecule has 1 unspecified atom stereocenters. The third-order valence-corrected chi connectivity index (χ3v) is 1.85. The fourth-order valence-electron chi connectivity index (χ4n) is 1.07. The number of esters is 1. The van der Waals surface area contributed by atoms with E-state index in [1.165, 1.54) is 13.8 Å². The Morgan fingerprint density at radius 1 is 1.44 bits per heavy atom. The predicted octanol–water partition coefficient (Wildman–Crippen LogP) is 1.08. The number of nitrogens with one attached hydrogen (secondary N) is 1. The molecule has 0 aromatic carbocycles. The zero-order chi connectivity index (χ0) is 12.8. The molecule has 0 saturated carbocycles. The Kier molecular flexibility index (Phi) is 5.74. The first-order valence-corrected chi connectivity index (χ1v) is 5.20. The molecule has 0 saturated heterocycles. The van der Waals surface area contributed by atoms with Gasteiger partial charge in [0.25, 0.3) is 5.91 Å². The van der Waals surface area contributed by atoms with Gasteiger partial charge in [-0.15, -0.1) is 0 Å². The van der Waals surface area contributed by atoms with Crippen molar-refractivity contribution in [3.63, 3.8) is 0 Å². The van der Waals surface area contributed by atoms with Crippen LogP contribution in [0.15, 0.2) is 12.2 Å². The van der Waals surface area contributed by atoms with E-state index >= 15 is 0 Å². The zero-order valence-corrected chi connectivity index (χ0v) is 10.0. The summed E-state index contributed by atoms with van der Waals surface area (Å²) in [6.07, 6.45) is 1.59. The van der Waals surface area contributed by atoms with E-state index in [1.54, 1.807) is 0 Å². The van der Waals surface area contributed by atoms with Crippen molar-refractivity contribution in [2.24, 2.45) is 0 Å². The molecule has 0 spiro atoms. The average Bonchev–Trinajstić information content (AvgIpc) is 2.13. The van der Waals surface area contributed by atoms with Crippen LogP contribution in [0.2, 0.25) is 0 Å². The standard InChI is InChI=1S/C11H19NO4/c1-5-6-7-11(15,12-9(4)13)16-10(14)8(2)3/h15H,2,5-7H2,1,3-4H3,(H,12,13). The number of carbonyl (C=O) groups excluding carboxylic acids is 2. The number of unbranched alkanes of at least 4 members (excludes halogenated alkanes) is 1. The van der Waals surface area contributed by atoms with Crippen LogP contribution < -0.4 is 5.32 Å². The van der Waals surface area contributed by atoms with E-state index in [9.17, 15) is 14.7 Å². The first kappa shape index (κ1) is 14.6. The minimum Gasteiger partial charge on any atom is -0.410 e. The molecule has 0 rings (SSSR count). The fourth-order valence-corrected chi connectivity index (χ4v) is 1.07. The summed E-state index contributed by atoms with van der Waals surface area (Å²) in [4.78, 5) is 22.2. The van der Waals surface area contributed by atoms with Crippen LogP contribution in [-0.2, 0) is 14.3 Å². The molecule has 92 valence electrons. The van der Waals surface area contributed by atoms with Gasteiger partial charge in [-0.05, 0) is 13.3 Å². The summed E-state index contributed by atoms with van der Waals surface area (Å²) in [5, 5.41) is 12.1. The predicted molar refractivity (Wildman–Crippen MR) is 59.2 cm³/mol. The van der Waals surface area contributed by atoms with Crippen LogP contribution in [0.25, 0.3) is 0 Å². The summed E-state index contributed by atoms with van der Waals surface area (Å²) in [7, 11) is 0. The molecule has 1 atom stereocenters. The number of rotatable bonds is 6. The number of hydrogen-bond donors (Lipinski definition) is 2. The normalized spacial score (nSPS) is 13.8. The summed E-state index contributed by atoms with van der Waals surface area (Å²) >= 11 is 0. The molecule has 0 aromatic rings. The van der Waals surface area contributed by atoms with E-state index in [0.717, 1.165) is 6.42 Å². The van der Waals surface area contributed by atoms with Gasteiger partial charge in [0, 0.05) is 18.9 Å². The molecule has 0 bridgehead atoms. The molecule has 0 aliphatic carbocycles. The van der Waals surface area contributed by atoms with Crippen molar-refractivity contribution >= 4 is 11.9 Å². The fraction of sp³-hybridized carbons (Fsp3) is 0.636. The molecular weight excluding hydrogens is 210 g/mol. The lowest BCUT2D eigenvalue weighted by molar-refractivity contribution is -0.221. The lowest BCUT2D eigenvalue weighted by Gasteiger charge is -2.28. The summed E-state index contributed by atoms with van der Waals surface area (Å²) < 4.78 is 4.80. The summed E-state index contributed by atoms with van der Waals surface area (Å²) in [5.74, 6) is -3.13. The number of amides is 1. The van der Waals surface area contributed by atoms with Gasteiger partial charge in [0.05, 0.1) is 0 Å². The number of hydrogen-bond acceptors (Lipinski definition) is 4. The molecule has 2 N–H and O–H groups in total. The van der Waals surface area contributed by atoms with Crippen molar-refractivity contribution in [2.45, 2.75) is 45.9 Å². The van der Waals surface area contributed by atoms with Crippen LogP contribution in [-0.4, -0.2) is 22.9 Å². The molecule has 0 heterocycles. The van der Waals surface area contributed by atoms with Crippen LogP contribution in [0.5, 0.6) is 0 Å². The molecule has 0 radical (unpaired) electrons. The van der Waals surface area contributed by atoms with Gasteiger partial charge in [-0.2, -0.15) is 0 Å². The van der Waals surface area contributed by atoms with Gasteiger partial charge in [0.2, 0.25) is 5.91 Å². The third kappa shape index (κ3) is 5.50. The van der Waals surface area contributed by atoms with Crippen molar-refractivity contribution < 1.29 is 19.4 Å². The SMILES string of the molecule is C=C(C)C(=O)OC(O)(CCCC)NC(C)=O. The van der Waals surface area contributed by atoms with Crippen LogP contribution in [0.4, 0.5) is 0 Å². The van der Waals surface area contributed by atoms with Crippen LogP contribution in [0, 0.1) is 0 Å². The minimum absolute atomic E-state index is 0.155. The van der Waals surface area contributed by atoms with Crippen LogP contribution in [0.3, 0.4) is 0 Å². The summed E-state index contributed by atoms with van der Waals surface area (Å²) in [5.41, 5.74) is 0.167. The zero-order valence-electron chi connectivity index (χ0n) is 10.0. The first-order chi connectivity index (χ1) is 7.30. The molecule has 0 fully saturated rings. The maximum Gasteiger partial charge on any atom is 0.336 e. The molecular formula is C11H19NO4. The van der Waals surface area contributed by atoms with E-state index < -0.39 is 17.8 Å². The Balaban J connectivity index is 4.57. The van der Waals surface area contributed by atoms with E-state index in [0.29, 0.717) is 6.42 Å². The van der Waals surface area contributed by atoms with Gasteiger partial charge in [0.1, 0.15) is 0 Å². The van der Waals surface area contributed by atoms with Gasteiger partial charge in [-0.3, -0.25) is 10.1 Å². The van der Waals surface area contributed by atoms with Crippen molar-refractivity contribution in [1.82, 2.24) is 5.32 Å². The monoisotopic (exact) mass is 229 g/mol. The Bertz CT molecular complexity index is 288. The van der Waals surface area contributed by atoms with Gasteiger partial charge < -0.3 is 9.84 Å². The third-order valence-electron chi connectivity index (χ3n) is 1.85. The Morgan fingerprint density at radius 2 is 2.00 bits per heavy atom. The highest BCUT2D eigenvalue weighted by atomic mass is 16.7. The molecule has 0 aliphatic heterocycles. The van der Waals surface area contributed by atoms with Gasteiger partial charge in [0.15, 0.2) is 0 Å². The highest BCUT2D eigenvalue weighted by Crippen LogP contribution is 2.14. The molecule has 0 aromatic heterocycles. The van der Waals surface area contributed by atoms with E-state index in [4.69, 9.17) is 4.74 Å². The lowest BCUT2D eigenvalue weighted by Crippen LogP contribution is -2.51. The highest BCUT2D eigenvalue weighted by molar-refractivity contribution is 5.87. The molecule has 5 heteroatoms. The van der Waals surface area contributed by atoms with E-state index in [1.807, 2.05) is 6.92 Å². The van der Waals surface area contributed by atoms with Gasteiger partial charge in [-0.1, -0.05) is 19.9 Å². The van der Waals surface area contributed by atoms with E-state index in [2.05, 4.69) is 11.9 Å². The summed E-state index contributed by atoms with van der Waals surface area (Å²) in [6, 6.07) is 0. The largest absolute Gasteiger partial charge is 0.410 e. The quantitative estimate of drug-likeness (QED) is 0.406. The molecule has 1 amide bonds. The number of carbonyl (C=O) groups is 2. The molecule has 5 nitrogen and oxygen atoms in total. The Morgan fingerprint density at radius 3 is 2.38 bits per heavy atom. The second kappa shape index (κ2) is 6.27. The van der Waals surface area contributed by atoms with Gasteiger partial charge >= 0.3 is 5.97 Å². The van der Waals surface area contributed by atoms with E-state index in [-0.39, 0.29) is 12.0 Å². The lowest BCUT2D eigenvalue weighted by atomic mass is 10.2. The van der Waals surface area contributed by atoms with Crippen molar-refractivity contribution in [3.05, 3.63) is 12.2 Å². The summed E-state index contributed by atoms with van der Waals surface area (Å²) in [6.45, 7) is 8.04. The topological polar surface area (TPSA) is 75.6 Å². The number of aliphatic hydroxyl groups is 1. The Hall–Kier alpha value is -1.36. The first-order valence-electron chi connectivity index (χ1n) is 5.20. The number of ether oxygens (including phenoxy) is 1. The molecule has 0 aliphatic rings.